The Morgan fingerprint density at radius 3 is 3.22 bits per heavy atom. The van der Waals surface area contributed by atoms with Crippen LogP contribution in [-0.2, 0) is 0 Å². The molecule has 1 aromatic rings. The van der Waals surface area contributed by atoms with Crippen LogP contribution in [0.5, 0.6) is 0 Å². The van der Waals surface area contributed by atoms with Gasteiger partial charge >= 0.3 is 0 Å². The van der Waals surface area contributed by atoms with Gasteiger partial charge < -0.3 is 4.52 Å². The first-order valence-electron chi connectivity index (χ1n) is 2.42. The maximum absolute atomic E-state index is 4.53. The van der Waals surface area contributed by atoms with Gasteiger partial charge in [-0.1, -0.05) is 17.0 Å². The third-order valence-electron chi connectivity index (χ3n) is 0.744. The van der Waals surface area contributed by atoms with Crippen LogP contribution >= 0.6 is 12.6 Å². The van der Waals surface area contributed by atoms with E-state index in [0.717, 1.165) is 5.56 Å². The highest BCUT2D eigenvalue weighted by Gasteiger charge is 1.84. The molecule has 2 nitrogen and oxygen atoms in total. The number of rotatable bonds is 0. The summed E-state index contributed by atoms with van der Waals surface area (Å²) in [5.41, 5.74) is 0.795. The van der Waals surface area contributed by atoms with Crippen molar-refractivity contribution in [3.8, 4) is 11.8 Å². The Morgan fingerprint density at radius 2 is 2.67 bits per heavy atom. The topological polar surface area (TPSA) is 26.0 Å². The van der Waals surface area contributed by atoms with E-state index in [-0.39, 0.29) is 0 Å². The van der Waals surface area contributed by atoms with Gasteiger partial charge in [-0.3, -0.25) is 0 Å². The minimum absolute atomic E-state index is 0.561. The van der Waals surface area contributed by atoms with E-state index in [2.05, 4.69) is 34.1 Å². The van der Waals surface area contributed by atoms with Crippen LogP contribution in [0.4, 0.5) is 0 Å². The standard InChI is InChI=1S/C6H5NOS/c9-3-1-2-6-4-7-8-5-6/h4-5,9H,3H2. The molecule has 0 fully saturated rings. The lowest BCUT2D eigenvalue weighted by molar-refractivity contribution is 0.419. The fourth-order valence-corrected chi connectivity index (χ4v) is 0.487. The highest BCUT2D eigenvalue weighted by molar-refractivity contribution is 7.80. The highest BCUT2D eigenvalue weighted by Crippen LogP contribution is 1.91. The monoisotopic (exact) mass is 139 g/mol. The Morgan fingerprint density at radius 1 is 1.78 bits per heavy atom. The van der Waals surface area contributed by atoms with Gasteiger partial charge in [-0.25, -0.2) is 0 Å². The Labute approximate surface area is 58.6 Å². The van der Waals surface area contributed by atoms with Crippen LogP contribution in [0.2, 0.25) is 0 Å². The van der Waals surface area contributed by atoms with Crippen molar-refractivity contribution in [2.75, 3.05) is 5.75 Å². The van der Waals surface area contributed by atoms with Crippen molar-refractivity contribution in [2.45, 2.75) is 0 Å². The zero-order valence-electron chi connectivity index (χ0n) is 4.66. The van der Waals surface area contributed by atoms with Gasteiger partial charge in [0.05, 0.1) is 17.5 Å². The molecular weight excluding hydrogens is 134 g/mol. The van der Waals surface area contributed by atoms with Gasteiger partial charge in [-0.05, 0) is 0 Å². The number of hydrogen-bond donors (Lipinski definition) is 1. The fourth-order valence-electron chi connectivity index (χ4n) is 0.408. The van der Waals surface area contributed by atoms with E-state index in [1.54, 1.807) is 6.20 Å². The van der Waals surface area contributed by atoms with Crippen LogP contribution < -0.4 is 0 Å². The van der Waals surface area contributed by atoms with Crippen molar-refractivity contribution in [1.82, 2.24) is 5.16 Å². The normalized spacial score (nSPS) is 8.11. The summed E-state index contributed by atoms with van der Waals surface area (Å²) >= 11 is 3.91. The summed E-state index contributed by atoms with van der Waals surface area (Å²) in [6, 6.07) is 0. The van der Waals surface area contributed by atoms with E-state index < -0.39 is 0 Å². The minimum atomic E-state index is 0.561. The number of nitrogens with zero attached hydrogens (tertiary/aromatic N) is 1. The summed E-state index contributed by atoms with van der Waals surface area (Å²) in [5.74, 6) is 6.12. The maximum atomic E-state index is 4.53. The van der Waals surface area contributed by atoms with Crippen molar-refractivity contribution < 1.29 is 4.52 Å². The van der Waals surface area contributed by atoms with E-state index in [1.165, 1.54) is 6.26 Å². The van der Waals surface area contributed by atoms with E-state index in [0.29, 0.717) is 5.75 Å². The van der Waals surface area contributed by atoms with Gasteiger partial charge in [0.25, 0.3) is 0 Å². The van der Waals surface area contributed by atoms with Crippen molar-refractivity contribution in [3.63, 3.8) is 0 Å². The van der Waals surface area contributed by atoms with Crippen molar-refractivity contribution in [2.24, 2.45) is 0 Å². The third-order valence-corrected chi connectivity index (χ3v) is 0.902. The smallest absolute Gasteiger partial charge is 0.139 e. The Hall–Kier alpha value is -0.880. The van der Waals surface area contributed by atoms with Gasteiger partial charge in [0, 0.05) is 0 Å². The molecule has 0 amide bonds. The van der Waals surface area contributed by atoms with Gasteiger partial charge in [0.1, 0.15) is 6.26 Å². The highest BCUT2D eigenvalue weighted by atomic mass is 32.1. The minimum Gasteiger partial charge on any atom is -0.363 e. The van der Waals surface area contributed by atoms with E-state index >= 15 is 0 Å². The molecule has 9 heavy (non-hydrogen) atoms. The van der Waals surface area contributed by atoms with Gasteiger partial charge in [-0.15, -0.1) is 0 Å². The lowest BCUT2D eigenvalue weighted by Gasteiger charge is -1.69. The summed E-state index contributed by atoms with van der Waals surface area (Å²) in [6.45, 7) is 0. The van der Waals surface area contributed by atoms with Crippen LogP contribution in [0.25, 0.3) is 0 Å². The van der Waals surface area contributed by atoms with Gasteiger partial charge in [0.15, 0.2) is 0 Å². The molecule has 0 saturated carbocycles. The molecule has 0 aliphatic carbocycles. The number of aromatic nitrogens is 1. The van der Waals surface area contributed by atoms with Crippen molar-refractivity contribution in [3.05, 3.63) is 18.0 Å². The molecule has 1 heterocycles. The maximum Gasteiger partial charge on any atom is 0.139 e. The second-order valence-electron chi connectivity index (χ2n) is 1.37. The molecule has 0 unspecified atom stereocenters. The first-order valence-corrected chi connectivity index (χ1v) is 3.06. The molecule has 0 bridgehead atoms. The molecule has 46 valence electrons. The molecule has 0 aliphatic heterocycles. The van der Waals surface area contributed by atoms with Crippen molar-refractivity contribution >= 4 is 12.6 Å². The average Bonchev–Trinajstić information content (AvgIpc) is 2.34. The van der Waals surface area contributed by atoms with Crippen molar-refractivity contribution in [1.29, 1.82) is 0 Å². The number of thiol groups is 1. The molecule has 0 spiro atoms. The first kappa shape index (κ1) is 6.24. The van der Waals surface area contributed by atoms with Crippen LogP contribution in [0.1, 0.15) is 5.56 Å². The fraction of sp³-hybridized carbons (Fsp3) is 0.167. The molecule has 0 aliphatic rings. The molecular formula is C6H5NOS. The van der Waals surface area contributed by atoms with E-state index in [9.17, 15) is 0 Å². The molecule has 1 aromatic heterocycles. The van der Waals surface area contributed by atoms with E-state index in [1.807, 2.05) is 0 Å². The molecule has 0 saturated heterocycles. The summed E-state index contributed by atoms with van der Waals surface area (Å²) in [7, 11) is 0. The molecule has 3 heteroatoms. The lowest BCUT2D eigenvalue weighted by atomic mass is 10.4. The average molecular weight is 139 g/mol. The molecule has 0 N–H and O–H groups in total. The Balaban J connectivity index is 2.67. The van der Waals surface area contributed by atoms with Crippen LogP contribution in [-0.4, -0.2) is 10.9 Å². The molecule has 1 rings (SSSR count). The first-order chi connectivity index (χ1) is 4.43. The SMILES string of the molecule is SCC#Cc1cnoc1. The van der Waals surface area contributed by atoms with Gasteiger partial charge in [0.2, 0.25) is 0 Å². The van der Waals surface area contributed by atoms with Gasteiger partial charge in [-0.2, -0.15) is 12.6 Å². The lowest BCUT2D eigenvalue weighted by Crippen LogP contribution is -1.64. The molecule has 0 aromatic carbocycles. The summed E-state index contributed by atoms with van der Waals surface area (Å²) in [6.07, 6.45) is 3.06. The third kappa shape index (κ3) is 1.82. The molecule has 0 radical (unpaired) electrons. The molecule has 0 atom stereocenters. The summed E-state index contributed by atoms with van der Waals surface area (Å²) in [5, 5.41) is 3.47. The second kappa shape index (κ2) is 3.21. The van der Waals surface area contributed by atoms with Crippen LogP contribution in [0.15, 0.2) is 17.0 Å². The largest absolute Gasteiger partial charge is 0.363 e. The Kier molecular flexibility index (Phi) is 2.22. The predicted molar refractivity (Wildman–Crippen MR) is 37.2 cm³/mol. The summed E-state index contributed by atoms with van der Waals surface area (Å²) < 4.78 is 4.53. The Bertz CT molecular complexity index is 219. The number of hydrogen-bond acceptors (Lipinski definition) is 3. The van der Waals surface area contributed by atoms with E-state index in [4.69, 9.17) is 0 Å². The van der Waals surface area contributed by atoms with Crippen LogP contribution in [0, 0.1) is 11.8 Å². The predicted octanol–water partition coefficient (Wildman–Crippen LogP) is 0.956. The zero-order chi connectivity index (χ0) is 6.53. The summed E-state index contributed by atoms with van der Waals surface area (Å²) in [4.78, 5) is 0. The zero-order valence-corrected chi connectivity index (χ0v) is 5.56. The second-order valence-corrected chi connectivity index (χ2v) is 1.69. The van der Waals surface area contributed by atoms with Crippen LogP contribution in [0.3, 0.4) is 0 Å². The quantitative estimate of drug-likeness (QED) is 0.428.